The summed E-state index contributed by atoms with van der Waals surface area (Å²) in [6.45, 7) is 3.09. The molecule has 2 nitrogen and oxygen atoms in total. The zero-order valence-electron chi connectivity index (χ0n) is 9.38. The monoisotopic (exact) mass is 195 g/mol. The Hall–Kier alpha value is -0.550. The molecule has 0 aromatic heterocycles. The van der Waals surface area contributed by atoms with Gasteiger partial charge in [0.1, 0.15) is 0 Å². The van der Waals surface area contributed by atoms with E-state index < -0.39 is 0 Å². The fourth-order valence-electron chi connectivity index (χ4n) is 2.49. The third-order valence-electron chi connectivity index (χ3n) is 3.35. The number of rotatable bonds is 5. The third kappa shape index (κ3) is 2.99. The first-order chi connectivity index (χ1) is 6.72. The molecule has 0 heterocycles. The zero-order chi connectivity index (χ0) is 10.4. The van der Waals surface area contributed by atoms with Crippen LogP contribution in [0.15, 0.2) is 0 Å². The van der Waals surface area contributed by atoms with Gasteiger partial charge in [-0.1, -0.05) is 6.92 Å². The fourth-order valence-corrected chi connectivity index (χ4v) is 2.49. The lowest BCUT2D eigenvalue weighted by atomic mass is 9.82. The predicted molar refractivity (Wildman–Crippen MR) is 56.8 cm³/mol. The second-order valence-electron chi connectivity index (χ2n) is 4.69. The van der Waals surface area contributed by atoms with Crippen LogP contribution >= 0.6 is 0 Å². The number of nitrogens with zero attached hydrogens (tertiary/aromatic N) is 1. The minimum atomic E-state index is 0.00710. The van der Waals surface area contributed by atoms with Crippen LogP contribution in [0.3, 0.4) is 0 Å². The average molecular weight is 195 g/mol. The summed E-state index contributed by atoms with van der Waals surface area (Å²) in [6, 6.07) is 2.54. The summed E-state index contributed by atoms with van der Waals surface area (Å²) in [5.41, 5.74) is 0.00710. The molecular weight excluding hydrogens is 174 g/mol. The number of methoxy groups -OCH3 is 1. The van der Waals surface area contributed by atoms with E-state index in [2.05, 4.69) is 13.0 Å². The van der Waals surface area contributed by atoms with Crippen molar-refractivity contribution < 1.29 is 4.74 Å². The van der Waals surface area contributed by atoms with E-state index in [0.29, 0.717) is 0 Å². The quantitative estimate of drug-likeness (QED) is 0.631. The molecule has 0 aromatic rings. The first-order valence-electron chi connectivity index (χ1n) is 5.63. The largest absolute Gasteiger partial charge is 0.385 e. The van der Waals surface area contributed by atoms with Gasteiger partial charge in [0.25, 0.3) is 0 Å². The molecule has 0 saturated heterocycles. The third-order valence-corrected chi connectivity index (χ3v) is 3.35. The number of nitriles is 1. The van der Waals surface area contributed by atoms with Gasteiger partial charge in [0, 0.05) is 13.7 Å². The van der Waals surface area contributed by atoms with Gasteiger partial charge in [-0.2, -0.15) is 5.26 Å². The zero-order valence-corrected chi connectivity index (χ0v) is 9.38. The second kappa shape index (κ2) is 5.36. The van der Waals surface area contributed by atoms with Crippen molar-refractivity contribution in [1.82, 2.24) is 0 Å². The van der Waals surface area contributed by atoms with Gasteiger partial charge < -0.3 is 4.74 Å². The van der Waals surface area contributed by atoms with E-state index in [9.17, 15) is 5.26 Å². The Morgan fingerprint density at radius 2 is 2.29 bits per heavy atom. The van der Waals surface area contributed by atoms with Crippen LogP contribution in [0.4, 0.5) is 0 Å². The highest BCUT2D eigenvalue weighted by Gasteiger charge is 2.36. The average Bonchev–Trinajstić information content (AvgIpc) is 2.56. The molecule has 0 amide bonds. The molecule has 2 heteroatoms. The normalized spacial score (nSPS) is 31.6. The van der Waals surface area contributed by atoms with Crippen LogP contribution in [-0.4, -0.2) is 13.7 Å². The second-order valence-corrected chi connectivity index (χ2v) is 4.69. The molecule has 1 aliphatic rings. The lowest BCUT2D eigenvalue weighted by molar-refractivity contribution is 0.187. The molecule has 0 N–H and O–H groups in total. The minimum absolute atomic E-state index is 0.00710. The summed E-state index contributed by atoms with van der Waals surface area (Å²) in [7, 11) is 1.73. The van der Waals surface area contributed by atoms with Crippen LogP contribution in [0.2, 0.25) is 0 Å². The van der Waals surface area contributed by atoms with Gasteiger partial charge in [0.05, 0.1) is 11.5 Å². The van der Waals surface area contributed by atoms with Crippen LogP contribution in [0.25, 0.3) is 0 Å². The molecule has 1 saturated carbocycles. The SMILES string of the molecule is COCCCCC1(C#N)CCC(C)C1. The molecular formula is C12H21NO. The van der Waals surface area contributed by atoms with Gasteiger partial charge in [0.15, 0.2) is 0 Å². The Balaban J connectivity index is 2.29. The summed E-state index contributed by atoms with van der Waals surface area (Å²) in [6.07, 6.45) is 6.74. The van der Waals surface area contributed by atoms with Gasteiger partial charge in [-0.25, -0.2) is 0 Å². The van der Waals surface area contributed by atoms with Crippen molar-refractivity contribution in [3.63, 3.8) is 0 Å². The standard InChI is InChI=1S/C12H21NO/c1-11-5-7-12(9-11,10-13)6-3-4-8-14-2/h11H,3-9H2,1-2H3. The van der Waals surface area contributed by atoms with E-state index in [1.54, 1.807) is 7.11 Å². The van der Waals surface area contributed by atoms with Crippen molar-refractivity contribution >= 4 is 0 Å². The molecule has 80 valence electrons. The number of hydrogen-bond acceptors (Lipinski definition) is 2. The van der Waals surface area contributed by atoms with Gasteiger partial charge in [-0.15, -0.1) is 0 Å². The molecule has 2 atom stereocenters. The Kier molecular flexibility index (Phi) is 4.41. The molecule has 14 heavy (non-hydrogen) atoms. The van der Waals surface area contributed by atoms with Crippen molar-refractivity contribution in [3.8, 4) is 6.07 Å². The summed E-state index contributed by atoms with van der Waals surface area (Å²) in [5.74, 6) is 0.747. The molecule has 1 aliphatic carbocycles. The Morgan fingerprint density at radius 1 is 1.50 bits per heavy atom. The summed E-state index contributed by atoms with van der Waals surface area (Å²) in [4.78, 5) is 0. The minimum Gasteiger partial charge on any atom is -0.385 e. The molecule has 0 aromatic carbocycles. The van der Waals surface area contributed by atoms with Crippen molar-refractivity contribution in [2.75, 3.05) is 13.7 Å². The lowest BCUT2D eigenvalue weighted by Crippen LogP contribution is -2.14. The van der Waals surface area contributed by atoms with E-state index in [0.717, 1.165) is 44.6 Å². The maximum absolute atomic E-state index is 9.21. The molecule has 0 radical (unpaired) electrons. The van der Waals surface area contributed by atoms with Gasteiger partial charge in [-0.05, 0) is 44.4 Å². The predicted octanol–water partition coefficient (Wildman–Crippen LogP) is 3.13. The molecule has 0 aliphatic heterocycles. The summed E-state index contributed by atoms with van der Waals surface area (Å²) in [5, 5.41) is 9.21. The molecule has 1 rings (SSSR count). The smallest absolute Gasteiger partial charge is 0.0689 e. The highest BCUT2D eigenvalue weighted by atomic mass is 16.5. The first-order valence-corrected chi connectivity index (χ1v) is 5.63. The van der Waals surface area contributed by atoms with Crippen molar-refractivity contribution in [3.05, 3.63) is 0 Å². The molecule has 2 unspecified atom stereocenters. The summed E-state index contributed by atoms with van der Waals surface area (Å²) >= 11 is 0. The number of hydrogen-bond donors (Lipinski definition) is 0. The molecule has 1 fully saturated rings. The lowest BCUT2D eigenvalue weighted by Gasteiger charge is -2.20. The number of unbranched alkanes of at least 4 members (excludes halogenated alkanes) is 1. The van der Waals surface area contributed by atoms with Crippen molar-refractivity contribution in [1.29, 1.82) is 5.26 Å². The van der Waals surface area contributed by atoms with Crippen LogP contribution in [0, 0.1) is 22.7 Å². The molecule has 0 bridgehead atoms. The Bertz CT molecular complexity index is 209. The number of ether oxygens (including phenoxy) is 1. The van der Waals surface area contributed by atoms with Crippen LogP contribution in [0.5, 0.6) is 0 Å². The van der Waals surface area contributed by atoms with Crippen molar-refractivity contribution in [2.24, 2.45) is 11.3 Å². The van der Waals surface area contributed by atoms with Crippen LogP contribution in [0.1, 0.15) is 45.4 Å². The van der Waals surface area contributed by atoms with Gasteiger partial charge in [-0.3, -0.25) is 0 Å². The highest BCUT2D eigenvalue weighted by Crippen LogP contribution is 2.44. The highest BCUT2D eigenvalue weighted by molar-refractivity contribution is 5.03. The van der Waals surface area contributed by atoms with Crippen LogP contribution < -0.4 is 0 Å². The van der Waals surface area contributed by atoms with Gasteiger partial charge in [0.2, 0.25) is 0 Å². The van der Waals surface area contributed by atoms with E-state index in [-0.39, 0.29) is 5.41 Å². The molecule has 0 spiro atoms. The van der Waals surface area contributed by atoms with E-state index in [4.69, 9.17) is 4.74 Å². The Morgan fingerprint density at radius 3 is 2.79 bits per heavy atom. The van der Waals surface area contributed by atoms with E-state index in [1.165, 1.54) is 6.42 Å². The Labute approximate surface area is 87.3 Å². The van der Waals surface area contributed by atoms with Crippen molar-refractivity contribution in [2.45, 2.75) is 45.4 Å². The maximum Gasteiger partial charge on any atom is 0.0689 e. The van der Waals surface area contributed by atoms with Gasteiger partial charge >= 0.3 is 0 Å². The first kappa shape index (κ1) is 11.5. The fraction of sp³-hybridized carbons (Fsp3) is 0.917. The summed E-state index contributed by atoms with van der Waals surface area (Å²) < 4.78 is 5.01. The maximum atomic E-state index is 9.21. The van der Waals surface area contributed by atoms with E-state index in [1.807, 2.05) is 0 Å². The van der Waals surface area contributed by atoms with E-state index >= 15 is 0 Å². The topological polar surface area (TPSA) is 33.0 Å². The van der Waals surface area contributed by atoms with Crippen LogP contribution in [-0.2, 0) is 4.74 Å².